The van der Waals surface area contributed by atoms with Crippen LogP contribution in [-0.2, 0) is 0 Å². The van der Waals surface area contributed by atoms with Crippen molar-refractivity contribution in [3.05, 3.63) is 23.2 Å². The van der Waals surface area contributed by atoms with Crippen molar-refractivity contribution in [2.45, 2.75) is 39.0 Å². The molecule has 1 amide bonds. The number of carboxylic acid groups (broad SMARTS) is 1. The van der Waals surface area contributed by atoms with Crippen LogP contribution in [0.2, 0.25) is 0 Å². The first-order valence-corrected chi connectivity index (χ1v) is 8.33. The summed E-state index contributed by atoms with van der Waals surface area (Å²) < 4.78 is 1.11. The van der Waals surface area contributed by atoms with Crippen molar-refractivity contribution >= 4 is 33.3 Å². The lowest BCUT2D eigenvalue weighted by atomic mass is 9.89. The van der Waals surface area contributed by atoms with Crippen molar-refractivity contribution in [3.63, 3.8) is 0 Å². The maximum absolute atomic E-state index is 11.6. The van der Waals surface area contributed by atoms with Crippen LogP contribution in [0.1, 0.15) is 37.1 Å². The topological polar surface area (TPSA) is 53.4 Å². The maximum Gasteiger partial charge on any atom is 0.411 e. The van der Waals surface area contributed by atoms with Crippen LogP contribution in [0.5, 0.6) is 0 Å². The summed E-state index contributed by atoms with van der Waals surface area (Å²) in [4.78, 5) is 17.6. The molecule has 1 aliphatic carbocycles. The molecule has 1 fully saturated rings. The first-order chi connectivity index (χ1) is 10.1. The van der Waals surface area contributed by atoms with Gasteiger partial charge < -0.3 is 5.11 Å². The van der Waals surface area contributed by atoms with Gasteiger partial charge in [-0.2, -0.15) is 0 Å². The Bertz CT molecular complexity index is 647. The SMILES string of the molecule is Cc1nc2cc(N(CC3CCCCC3)C(=O)O)ccc2s1. The van der Waals surface area contributed by atoms with Gasteiger partial charge in [0.05, 0.1) is 15.2 Å². The molecule has 0 radical (unpaired) electrons. The molecule has 0 aliphatic heterocycles. The molecule has 0 saturated heterocycles. The van der Waals surface area contributed by atoms with Crippen LogP contribution in [0.4, 0.5) is 10.5 Å². The van der Waals surface area contributed by atoms with Crippen molar-refractivity contribution in [3.8, 4) is 0 Å². The van der Waals surface area contributed by atoms with Crippen LogP contribution in [0, 0.1) is 12.8 Å². The van der Waals surface area contributed by atoms with Gasteiger partial charge in [0.25, 0.3) is 0 Å². The van der Waals surface area contributed by atoms with Crippen LogP contribution in [0.25, 0.3) is 10.2 Å². The molecule has 1 aromatic carbocycles. The predicted octanol–water partition coefficient (Wildman–Crippen LogP) is 4.67. The zero-order valence-electron chi connectivity index (χ0n) is 12.2. The Balaban J connectivity index is 1.85. The highest BCUT2D eigenvalue weighted by atomic mass is 32.1. The summed E-state index contributed by atoms with van der Waals surface area (Å²) in [5.74, 6) is 0.489. The monoisotopic (exact) mass is 304 g/mol. The van der Waals surface area contributed by atoms with Crippen LogP contribution in [0.3, 0.4) is 0 Å². The highest BCUT2D eigenvalue weighted by Gasteiger charge is 2.22. The summed E-state index contributed by atoms with van der Waals surface area (Å²) in [6, 6.07) is 5.78. The summed E-state index contributed by atoms with van der Waals surface area (Å²) in [7, 11) is 0. The second-order valence-electron chi connectivity index (χ2n) is 5.78. The fourth-order valence-corrected chi connectivity index (χ4v) is 3.93. The average molecular weight is 304 g/mol. The zero-order valence-corrected chi connectivity index (χ0v) is 13.0. The van der Waals surface area contributed by atoms with Crippen LogP contribution in [-0.4, -0.2) is 22.7 Å². The number of thiazole rings is 1. The normalized spacial score (nSPS) is 16.2. The van der Waals surface area contributed by atoms with Gasteiger partial charge in [0.2, 0.25) is 0 Å². The molecule has 2 aromatic rings. The zero-order chi connectivity index (χ0) is 14.8. The molecule has 1 aromatic heterocycles. The summed E-state index contributed by atoms with van der Waals surface area (Å²) in [5, 5.41) is 10.6. The highest BCUT2D eigenvalue weighted by molar-refractivity contribution is 7.18. The molecule has 1 N–H and O–H groups in total. The van der Waals surface area contributed by atoms with E-state index in [4.69, 9.17) is 0 Å². The molecule has 0 unspecified atom stereocenters. The van der Waals surface area contributed by atoms with E-state index in [0.29, 0.717) is 12.5 Å². The lowest BCUT2D eigenvalue weighted by molar-refractivity contribution is 0.199. The van der Waals surface area contributed by atoms with Gasteiger partial charge in [-0.05, 0) is 43.9 Å². The number of nitrogens with zero attached hydrogens (tertiary/aromatic N) is 2. The number of carbonyl (C=O) groups is 1. The molecular formula is C16H20N2O2S. The molecule has 1 aliphatic rings. The number of anilines is 1. The quantitative estimate of drug-likeness (QED) is 0.896. The van der Waals surface area contributed by atoms with Gasteiger partial charge in [0, 0.05) is 12.2 Å². The largest absolute Gasteiger partial charge is 0.465 e. The smallest absolute Gasteiger partial charge is 0.411 e. The molecule has 0 atom stereocenters. The van der Waals surface area contributed by atoms with Crippen LogP contribution in [0.15, 0.2) is 18.2 Å². The number of hydrogen-bond acceptors (Lipinski definition) is 3. The van der Waals surface area contributed by atoms with Crippen molar-refractivity contribution in [1.29, 1.82) is 0 Å². The minimum Gasteiger partial charge on any atom is -0.465 e. The Hall–Kier alpha value is -1.62. The van der Waals surface area contributed by atoms with Gasteiger partial charge in [0.15, 0.2) is 0 Å². The summed E-state index contributed by atoms with van der Waals surface area (Å²) >= 11 is 1.64. The molecule has 4 nitrogen and oxygen atoms in total. The van der Waals surface area contributed by atoms with E-state index < -0.39 is 6.09 Å². The number of benzene rings is 1. The first-order valence-electron chi connectivity index (χ1n) is 7.51. The fraction of sp³-hybridized carbons (Fsp3) is 0.500. The predicted molar refractivity (Wildman–Crippen MR) is 86.3 cm³/mol. The third kappa shape index (κ3) is 3.18. The van der Waals surface area contributed by atoms with Crippen molar-refractivity contribution in [2.24, 2.45) is 5.92 Å². The van der Waals surface area contributed by atoms with E-state index in [1.807, 2.05) is 25.1 Å². The molecule has 0 spiro atoms. The Morgan fingerprint density at radius 1 is 1.38 bits per heavy atom. The van der Waals surface area contributed by atoms with E-state index >= 15 is 0 Å². The number of hydrogen-bond donors (Lipinski definition) is 1. The molecular weight excluding hydrogens is 284 g/mol. The van der Waals surface area contributed by atoms with Crippen molar-refractivity contribution in [2.75, 3.05) is 11.4 Å². The lowest BCUT2D eigenvalue weighted by Crippen LogP contribution is -2.34. The van der Waals surface area contributed by atoms with Gasteiger partial charge in [-0.3, -0.25) is 4.90 Å². The second kappa shape index (κ2) is 6.02. The van der Waals surface area contributed by atoms with E-state index in [1.54, 1.807) is 11.3 Å². The third-order valence-electron chi connectivity index (χ3n) is 4.19. The standard InChI is InChI=1S/C16H20N2O2S/c1-11-17-14-9-13(7-8-15(14)21-11)18(16(19)20)10-12-5-3-2-4-6-12/h7-9,12H,2-6,10H2,1H3,(H,19,20). The van der Waals surface area contributed by atoms with E-state index in [9.17, 15) is 9.90 Å². The number of rotatable bonds is 3. The Morgan fingerprint density at radius 3 is 2.86 bits per heavy atom. The van der Waals surface area contributed by atoms with Gasteiger partial charge >= 0.3 is 6.09 Å². The molecule has 21 heavy (non-hydrogen) atoms. The summed E-state index contributed by atoms with van der Waals surface area (Å²) in [5.41, 5.74) is 1.63. The van der Waals surface area contributed by atoms with Gasteiger partial charge in [-0.15, -0.1) is 11.3 Å². The van der Waals surface area contributed by atoms with Gasteiger partial charge in [0.1, 0.15) is 0 Å². The number of amides is 1. The maximum atomic E-state index is 11.6. The number of fused-ring (bicyclic) bond motifs is 1. The van der Waals surface area contributed by atoms with E-state index in [-0.39, 0.29) is 0 Å². The van der Waals surface area contributed by atoms with E-state index in [1.165, 1.54) is 24.2 Å². The van der Waals surface area contributed by atoms with Crippen molar-refractivity contribution < 1.29 is 9.90 Å². The first kappa shape index (κ1) is 14.3. The molecule has 112 valence electrons. The number of aromatic nitrogens is 1. The van der Waals surface area contributed by atoms with Crippen LogP contribution < -0.4 is 4.90 Å². The minimum absolute atomic E-state index is 0.489. The Labute approximate surface area is 128 Å². The highest BCUT2D eigenvalue weighted by Crippen LogP contribution is 2.29. The van der Waals surface area contributed by atoms with Gasteiger partial charge in [-0.1, -0.05) is 19.3 Å². The summed E-state index contributed by atoms with van der Waals surface area (Å²) in [6.45, 7) is 2.57. The lowest BCUT2D eigenvalue weighted by Gasteiger charge is -2.28. The average Bonchev–Trinajstić information content (AvgIpc) is 2.84. The molecule has 3 rings (SSSR count). The summed E-state index contributed by atoms with van der Waals surface area (Å²) in [6.07, 6.45) is 5.15. The van der Waals surface area contributed by atoms with E-state index in [0.717, 1.165) is 33.8 Å². The number of aryl methyl sites for hydroxylation is 1. The Kier molecular flexibility index (Phi) is 4.10. The van der Waals surface area contributed by atoms with Crippen molar-refractivity contribution in [1.82, 2.24) is 4.98 Å². The second-order valence-corrected chi connectivity index (χ2v) is 7.02. The Morgan fingerprint density at radius 2 is 2.14 bits per heavy atom. The molecule has 1 heterocycles. The molecule has 5 heteroatoms. The fourth-order valence-electron chi connectivity index (χ4n) is 3.12. The van der Waals surface area contributed by atoms with Crippen LogP contribution >= 0.6 is 11.3 Å². The molecule has 0 bridgehead atoms. The van der Waals surface area contributed by atoms with E-state index in [2.05, 4.69) is 4.98 Å². The molecule has 1 saturated carbocycles. The third-order valence-corrected chi connectivity index (χ3v) is 5.14. The van der Waals surface area contributed by atoms with Gasteiger partial charge in [-0.25, -0.2) is 9.78 Å². The minimum atomic E-state index is -0.869.